The Bertz CT molecular complexity index is 689. The number of likely N-dealkylation sites (tertiary alicyclic amines) is 1. The van der Waals surface area contributed by atoms with Crippen LogP contribution >= 0.6 is 0 Å². The molecule has 6 nitrogen and oxygen atoms in total. The SMILES string of the molecule is Cc1cc([C@H](C)C(=O)N2CCC[C@@H]2c2noc(C)n2)c(C)o1. The van der Waals surface area contributed by atoms with Gasteiger partial charge in [-0.05, 0) is 39.7 Å². The van der Waals surface area contributed by atoms with Gasteiger partial charge in [0, 0.05) is 19.0 Å². The maximum atomic E-state index is 12.9. The van der Waals surface area contributed by atoms with Gasteiger partial charge in [0.05, 0.1) is 12.0 Å². The predicted octanol–water partition coefficient (Wildman–Crippen LogP) is 3.06. The average molecular weight is 303 g/mol. The number of carbonyl (C=O) groups excluding carboxylic acids is 1. The molecule has 22 heavy (non-hydrogen) atoms. The Kier molecular flexibility index (Phi) is 3.76. The molecule has 2 aromatic heterocycles. The van der Waals surface area contributed by atoms with E-state index in [1.807, 2.05) is 31.7 Å². The lowest BCUT2D eigenvalue weighted by molar-refractivity contribution is -0.133. The molecule has 0 spiro atoms. The third-order valence-corrected chi connectivity index (χ3v) is 4.29. The molecule has 1 amide bonds. The zero-order chi connectivity index (χ0) is 15.9. The van der Waals surface area contributed by atoms with Crippen LogP contribution in [0.2, 0.25) is 0 Å². The van der Waals surface area contributed by atoms with E-state index < -0.39 is 0 Å². The largest absolute Gasteiger partial charge is 0.466 e. The molecule has 1 saturated heterocycles. The Labute approximate surface area is 129 Å². The molecule has 2 atom stereocenters. The fraction of sp³-hybridized carbons (Fsp3) is 0.562. The van der Waals surface area contributed by atoms with Crippen LogP contribution < -0.4 is 0 Å². The molecular formula is C16H21N3O3. The standard InChI is InChI=1S/C16H21N3O3/c1-9-8-13(11(3)21-9)10(2)16(20)19-7-5-6-14(19)15-17-12(4)22-18-15/h8,10,14H,5-7H2,1-4H3/t10-,14+/m0/s1. The zero-order valence-corrected chi connectivity index (χ0v) is 13.4. The Morgan fingerprint density at radius 1 is 1.41 bits per heavy atom. The fourth-order valence-electron chi connectivity index (χ4n) is 3.21. The fourth-order valence-corrected chi connectivity index (χ4v) is 3.21. The molecule has 0 saturated carbocycles. The van der Waals surface area contributed by atoms with E-state index in [1.54, 1.807) is 6.92 Å². The molecule has 2 aromatic rings. The Morgan fingerprint density at radius 2 is 2.18 bits per heavy atom. The van der Waals surface area contributed by atoms with Gasteiger partial charge in [-0.15, -0.1) is 0 Å². The number of aromatic nitrogens is 2. The molecule has 1 aliphatic heterocycles. The van der Waals surface area contributed by atoms with Crippen LogP contribution in [0.1, 0.15) is 60.5 Å². The molecule has 0 N–H and O–H groups in total. The molecule has 3 heterocycles. The van der Waals surface area contributed by atoms with Crippen molar-refractivity contribution in [2.45, 2.75) is 52.5 Å². The quantitative estimate of drug-likeness (QED) is 0.871. The van der Waals surface area contributed by atoms with Crippen LogP contribution in [0.25, 0.3) is 0 Å². The van der Waals surface area contributed by atoms with Crippen molar-refractivity contribution in [3.8, 4) is 0 Å². The van der Waals surface area contributed by atoms with Crippen LogP contribution in [0.15, 0.2) is 15.0 Å². The molecular weight excluding hydrogens is 282 g/mol. The van der Waals surface area contributed by atoms with Gasteiger partial charge in [0.25, 0.3) is 0 Å². The van der Waals surface area contributed by atoms with E-state index in [4.69, 9.17) is 8.94 Å². The summed E-state index contributed by atoms with van der Waals surface area (Å²) in [4.78, 5) is 19.1. The van der Waals surface area contributed by atoms with Crippen molar-refractivity contribution in [2.24, 2.45) is 0 Å². The normalized spacial score (nSPS) is 19.6. The van der Waals surface area contributed by atoms with Gasteiger partial charge in [0.2, 0.25) is 11.8 Å². The topological polar surface area (TPSA) is 72.4 Å². The summed E-state index contributed by atoms with van der Waals surface area (Å²) in [6.07, 6.45) is 1.83. The minimum absolute atomic E-state index is 0.0827. The van der Waals surface area contributed by atoms with Crippen LogP contribution in [0, 0.1) is 20.8 Å². The number of rotatable bonds is 3. The lowest BCUT2D eigenvalue weighted by Gasteiger charge is -2.25. The van der Waals surface area contributed by atoms with Crippen LogP contribution in [-0.2, 0) is 4.79 Å². The number of amides is 1. The Hall–Kier alpha value is -2.11. The van der Waals surface area contributed by atoms with Crippen LogP contribution in [0.5, 0.6) is 0 Å². The molecule has 0 radical (unpaired) electrons. The van der Waals surface area contributed by atoms with E-state index in [1.165, 1.54) is 0 Å². The van der Waals surface area contributed by atoms with E-state index >= 15 is 0 Å². The second-order valence-electron chi connectivity index (χ2n) is 5.95. The third-order valence-electron chi connectivity index (χ3n) is 4.29. The number of carbonyl (C=O) groups is 1. The molecule has 0 aromatic carbocycles. The molecule has 0 aliphatic carbocycles. The first-order valence-corrected chi connectivity index (χ1v) is 7.65. The summed E-state index contributed by atoms with van der Waals surface area (Å²) in [5.74, 6) is 2.64. The van der Waals surface area contributed by atoms with Crippen LogP contribution in [0.3, 0.4) is 0 Å². The van der Waals surface area contributed by atoms with Gasteiger partial charge >= 0.3 is 0 Å². The van der Waals surface area contributed by atoms with E-state index in [9.17, 15) is 4.79 Å². The van der Waals surface area contributed by atoms with Crippen molar-refractivity contribution in [1.29, 1.82) is 0 Å². The molecule has 3 rings (SSSR count). The van der Waals surface area contributed by atoms with Gasteiger partial charge in [-0.3, -0.25) is 4.79 Å². The highest BCUT2D eigenvalue weighted by atomic mass is 16.5. The van der Waals surface area contributed by atoms with Crippen molar-refractivity contribution in [3.05, 3.63) is 34.9 Å². The highest BCUT2D eigenvalue weighted by molar-refractivity contribution is 5.84. The zero-order valence-electron chi connectivity index (χ0n) is 13.4. The lowest BCUT2D eigenvalue weighted by Crippen LogP contribution is -2.34. The average Bonchev–Trinajstić information content (AvgIpc) is 3.17. The minimum atomic E-state index is -0.231. The van der Waals surface area contributed by atoms with E-state index in [0.717, 1.165) is 36.5 Å². The molecule has 118 valence electrons. The number of hydrogen-bond acceptors (Lipinski definition) is 5. The summed E-state index contributed by atoms with van der Waals surface area (Å²) in [6.45, 7) is 8.22. The maximum Gasteiger partial charge on any atom is 0.230 e. The Balaban J connectivity index is 1.83. The first-order chi connectivity index (χ1) is 10.5. The first kappa shape index (κ1) is 14.8. The molecule has 0 bridgehead atoms. The number of aryl methyl sites for hydroxylation is 3. The van der Waals surface area contributed by atoms with Gasteiger partial charge in [-0.2, -0.15) is 4.98 Å². The van der Waals surface area contributed by atoms with Crippen molar-refractivity contribution < 1.29 is 13.7 Å². The lowest BCUT2D eigenvalue weighted by atomic mass is 9.99. The maximum absolute atomic E-state index is 12.9. The monoisotopic (exact) mass is 303 g/mol. The van der Waals surface area contributed by atoms with Gasteiger partial charge in [0.15, 0.2) is 5.82 Å². The van der Waals surface area contributed by atoms with Crippen LogP contribution in [0.4, 0.5) is 0 Å². The van der Waals surface area contributed by atoms with Crippen molar-refractivity contribution in [1.82, 2.24) is 15.0 Å². The second kappa shape index (κ2) is 5.59. The minimum Gasteiger partial charge on any atom is -0.466 e. The summed E-state index contributed by atoms with van der Waals surface area (Å²) >= 11 is 0. The van der Waals surface area contributed by atoms with Gasteiger partial charge < -0.3 is 13.8 Å². The second-order valence-corrected chi connectivity index (χ2v) is 5.95. The predicted molar refractivity (Wildman–Crippen MR) is 79.3 cm³/mol. The number of nitrogens with zero attached hydrogens (tertiary/aromatic N) is 3. The van der Waals surface area contributed by atoms with Gasteiger partial charge in [0.1, 0.15) is 11.5 Å². The summed E-state index contributed by atoms with van der Waals surface area (Å²) in [6, 6.07) is 1.86. The molecule has 6 heteroatoms. The first-order valence-electron chi connectivity index (χ1n) is 7.65. The Morgan fingerprint density at radius 3 is 2.77 bits per heavy atom. The van der Waals surface area contributed by atoms with Crippen molar-refractivity contribution in [2.75, 3.05) is 6.54 Å². The van der Waals surface area contributed by atoms with Gasteiger partial charge in [-0.1, -0.05) is 5.16 Å². The molecule has 1 aliphatic rings. The van der Waals surface area contributed by atoms with Crippen molar-refractivity contribution in [3.63, 3.8) is 0 Å². The summed E-state index contributed by atoms with van der Waals surface area (Å²) in [5.41, 5.74) is 0.956. The summed E-state index contributed by atoms with van der Waals surface area (Å²) in [7, 11) is 0. The smallest absolute Gasteiger partial charge is 0.230 e. The third kappa shape index (κ3) is 2.53. The van der Waals surface area contributed by atoms with E-state index in [-0.39, 0.29) is 17.9 Å². The van der Waals surface area contributed by atoms with E-state index in [2.05, 4.69) is 10.1 Å². The summed E-state index contributed by atoms with van der Waals surface area (Å²) in [5, 5.41) is 3.99. The highest BCUT2D eigenvalue weighted by Gasteiger charge is 2.36. The van der Waals surface area contributed by atoms with Crippen LogP contribution in [-0.4, -0.2) is 27.5 Å². The number of furan rings is 1. The van der Waals surface area contributed by atoms with Gasteiger partial charge in [-0.25, -0.2) is 0 Å². The summed E-state index contributed by atoms with van der Waals surface area (Å²) < 4.78 is 10.6. The van der Waals surface area contributed by atoms with E-state index in [0.29, 0.717) is 11.7 Å². The molecule has 1 fully saturated rings. The highest BCUT2D eigenvalue weighted by Crippen LogP contribution is 2.34. The molecule has 0 unspecified atom stereocenters. The number of hydrogen-bond donors (Lipinski definition) is 0. The van der Waals surface area contributed by atoms with Crippen molar-refractivity contribution >= 4 is 5.91 Å².